The van der Waals surface area contributed by atoms with Crippen molar-refractivity contribution in [2.24, 2.45) is 0 Å². The molecule has 2 aromatic carbocycles. The number of rotatable bonds is 11. The lowest BCUT2D eigenvalue weighted by molar-refractivity contribution is -0.129. The Balaban J connectivity index is 1.65. The Kier molecular flexibility index (Phi) is 7.80. The van der Waals surface area contributed by atoms with E-state index < -0.39 is 17.7 Å². The quantitative estimate of drug-likeness (QED) is 0.267. The van der Waals surface area contributed by atoms with Gasteiger partial charge in [0, 0.05) is 6.54 Å². The highest BCUT2D eigenvalue weighted by molar-refractivity contribution is 7.12. The molecule has 0 bridgehead atoms. The topological polar surface area (TPSA) is 66.8 Å². The molecule has 1 N–H and O–H groups in total. The first-order valence-electron chi connectivity index (χ1n) is 11.7. The number of amides is 1. The summed E-state index contributed by atoms with van der Waals surface area (Å²) in [5.41, 5.74) is 1.96. The van der Waals surface area contributed by atoms with Crippen LogP contribution in [0, 0.1) is 0 Å². The molecule has 0 saturated carbocycles. The first-order chi connectivity index (χ1) is 16.6. The Bertz CT molecular complexity index is 1150. The van der Waals surface area contributed by atoms with Gasteiger partial charge in [0.05, 0.1) is 23.1 Å². The van der Waals surface area contributed by atoms with Gasteiger partial charge in [-0.2, -0.15) is 0 Å². The Morgan fingerprint density at radius 2 is 1.88 bits per heavy atom. The minimum absolute atomic E-state index is 0.128. The van der Waals surface area contributed by atoms with Gasteiger partial charge in [0.1, 0.15) is 5.75 Å². The van der Waals surface area contributed by atoms with Crippen LogP contribution in [-0.4, -0.2) is 34.8 Å². The number of nitrogens with zero attached hydrogens (tertiary/aromatic N) is 1. The minimum atomic E-state index is -0.676. The van der Waals surface area contributed by atoms with Gasteiger partial charge in [0.2, 0.25) is 5.78 Å². The molecule has 1 atom stereocenters. The van der Waals surface area contributed by atoms with Crippen LogP contribution in [0.3, 0.4) is 0 Å². The van der Waals surface area contributed by atoms with Crippen LogP contribution in [0.25, 0.3) is 0 Å². The maximum Gasteiger partial charge on any atom is 0.290 e. The number of benzene rings is 2. The van der Waals surface area contributed by atoms with Crippen LogP contribution in [0.15, 0.2) is 83.4 Å². The summed E-state index contributed by atoms with van der Waals surface area (Å²) >= 11 is 1.30. The summed E-state index contributed by atoms with van der Waals surface area (Å²) in [7, 11) is 0. The standard InChI is InChI=1S/C28H29NO4S/c1-2-3-7-17-33-22-13-8-12-21(19-22)25-24(26(30)23-14-9-18-34-23)27(31)28(32)29(25)16-15-20-10-5-4-6-11-20/h4-6,8-14,18-19,25,31H,2-3,7,15-17H2,1H3. The van der Waals surface area contributed by atoms with Gasteiger partial charge in [-0.15, -0.1) is 11.3 Å². The molecule has 1 aromatic heterocycles. The van der Waals surface area contributed by atoms with Crippen molar-refractivity contribution in [2.45, 2.75) is 38.6 Å². The molecule has 0 spiro atoms. The van der Waals surface area contributed by atoms with Crippen molar-refractivity contribution in [1.29, 1.82) is 0 Å². The monoisotopic (exact) mass is 475 g/mol. The van der Waals surface area contributed by atoms with Crippen LogP contribution in [0.4, 0.5) is 0 Å². The number of carbonyl (C=O) groups is 2. The highest BCUT2D eigenvalue weighted by Gasteiger charge is 2.43. The SMILES string of the molecule is CCCCCOc1cccc(C2C(C(=O)c3cccs3)=C(O)C(=O)N2CCc2ccccc2)c1. The van der Waals surface area contributed by atoms with Gasteiger partial charge in [0.15, 0.2) is 5.76 Å². The van der Waals surface area contributed by atoms with Crippen LogP contribution in [0.1, 0.15) is 53.0 Å². The van der Waals surface area contributed by atoms with Crippen LogP contribution >= 0.6 is 11.3 Å². The number of Topliss-reactive ketones (excluding diaryl/α,β-unsaturated/α-hetero) is 1. The van der Waals surface area contributed by atoms with E-state index in [4.69, 9.17) is 4.74 Å². The highest BCUT2D eigenvalue weighted by Crippen LogP contribution is 2.40. The van der Waals surface area contributed by atoms with E-state index in [-0.39, 0.29) is 11.4 Å². The molecule has 176 valence electrons. The maximum atomic E-state index is 13.4. The molecule has 3 aromatic rings. The maximum absolute atomic E-state index is 13.4. The number of carbonyl (C=O) groups excluding carboxylic acids is 2. The summed E-state index contributed by atoms with van der Waals surface area (Å²) in [6.45, 7) is 3.13. The van der Waals surface area contributed by atoms with E-state index in [9.17, 15) is 14.7 Å². The predicted molar refractivity (Wildman–Crippen MR) is 134 cm³/mol. The highest BCUT2D eigenvalue weighted by atomic mass is 32.1. The largest absolute Gasteiger partial charge is 0.503 e. The second-order valence-electron chi connectivity index (χ2n) is 8.33. The van der Waals surface area contributed by atoms with Crippen molar-refractivity contribution in [1.82, 2.24) is 4.90 Å². The normalized spacial score (nSPS) is 15.7. The van der Waals surface area contributed by atoms with Crippen molar-refractivity contribution in [3.63, 3.8) is 0 Å². The lowest BCUT2D eigenvalue weighted by Crippen LogP contribution is -2.33. The summed E-state index contributed by atoms with van der Waals surface area (Å²) in [6, 6.07) is 20.2. The molecule has 5 nitrogen and oxygen atoms in total. The first-order valence-corrected chi connectivity index (χ1v) is 12.6. The van der Waals surface area contributed by atoms with E-state index in [0.717, 1.165) is 30.4 Å². The van der Waals surface area contributed by atoms with Crippen LogP contribution in [0.2, 0.25) is 0 Å². The van der Waals surface area contributed by atoms with Crippen molar-refractivity contribution >= 4 is 23.0 Å². The number of thiophene rings is 1. The number of unbranched alkanes of at least 4 members (excludes halogenated alkanes) is 2. The van der Waals surface area contributed by atoms with Crippen molar-refractivity contribution < 1.29 is 19.4 Å². The molecule has 1 amide bonds. The zero-order valence-corrected chi connectivity index (χ0v) is 20.1. The third kappa shape index (κ3) is 5.23. The smallest absolute Gasteiger partial charge is 0.290 e. The lowest BCUT2D eigenvalue weighted by atomic mass is 9.95. The molecule has 1 aliphatic heterocycles. The van der Waals surface area contributed by atoms with E-state index in [1.54, 1.807) is 17.0 Å². The third-order valence-electron chi connectivity index (χ3n) is 5.97. The summed E-state index contributed by atoms with van der Waals surface area (Å²) in [5.74, 6) is -0.610. The van der Waals surface area contributed by atoms with E-state index >= 15 is 0 Å². The predicted octanol–water partition coefficient (Wildman–Crippen LogP) is 6.14. The average Bonchev–Trinajstić information content (AvgIpc) is 3.49. The molecule has 0 saturated heterocycles. The number of aliphatic hydroxyl groups is 1. The number of hydrogen-bond acceptors (Lipinski definition) is 5. The summed E-state index contributed by atoms with van der Waals surface area (Å²) in [6.07, 6.45) is 3.79. The second kappa shape index (κ2) is 11.2. The van der Waals surface area contributed by atoms with Crippen LogP contribution < -0.4 is 4.74 Å². The van der Waals surface area contributed by atoms with Crippen LogP contribution in [0.5, 0.6) is 5.75 Å². The van der Waals surface area contributed by atoms with Crippen LogP contribution in [-0.2, 0) is 11.2 Å². The molecule has 4 rings (SSSR count). The van der Waals surface area contributed by atoms with Gasteiger partial charge in [0.25, 0.3) is 5.91 Å². The first kappa shape index (κ1) is 23.8. The minimum Gasteiger partial charge on any atom is -0.503 e. The molecular weight excluding hydrogens is 446 g/mol. The molecule has 34 heavy (non-hydrogen) atoms. The molecule has 1 aliphatic rings. The Morgan fingerprint density at radius 3 is 2.62 bits per heavy atom. The number of ether oxygens (including phenoxy) is 1. The summed E-state index contributed by atoms with van der Waals surface area (Å²) in [5, 5.41) is 12.7. The van der Waals surface area contributed by atoms with E-state index in [1.807, 2.05) is 60.0 Å². The number of hydrogen-bond donors (Lipinski definition) is 1. The molecule has 2 heterocycles. The fourth-order valence-corrected chi connectivity index (χ4v) is 4.89. The van der Waals surface area contributed by atoms with E-state index in [1.165, 1.54) is 11.3 Å². The molecule has 0 fully saturated rings. The van der Waals surface area contributed by atoms with Crippen molar-refractivity contribution in [2.75, 3.05) is 13.2 Å². The molecular formula is C28H29NO4S. The Hall–Kier alpha value is -3.38. The fraction of sp³-hybridized carbons (Fsp3) is 0.286. The third-order valence-corrected chi connectivity index (χ3v) is 6.84. The zero-order chi connectivity index (χ0) is 23.9. The van der Waals surface area contributed by atoms with E-state index in [0.29, 0.717) is 30.2 Å². The summed E-state index contributed by atoms with van der Waals surface area (Å²) in [4.78, 5) is 28.6. The van der Waals surface area contributed by atoms with Gasteiger partial charge >= 0.3 is 0 Å². The lowest BCUT2D eigenvalue weighted by Gasteiger charge is -2.27. The van der Waals surface area contributed by atoms with Gasteiger partial charge in [-0.1, -0.05) is 68.3 Å². The molecule has 6 heteroatoms. The second-order valence-corrected chi connectivity index (χ2v) is 9.28. The molecule has 0 aliphatic carbocycles. The van der Waals surface area contributed by atoms with Crippen molar-refractivity contribution in [3.8, 4) is 5.75 Å². The summed E-state index contributed by atoms with van der Waals surface area (Å²) < 4.78 is 5.93. The Morgan fingerprint density at radius 1 is 1.06 bits per heavy atom. The van der Waals surface area contributed by atoms with E-state index in [2.05, 4.69) is 6.92 Å². The van der Waals surface area contributed by atoms with Gasteiger partial charge in [-0.3, -0.25) is 9.59 Å². The number of ketones is 1. The zero-order valence-electron chi connectivity index (χ0n) is 19.3. The fourth-order valence-electron chi connectivity index (χ4n) is 4.21. The van der Waals surface area contributed by atoms with Crippen molar-refractivity contribution in [3.05, 3.63) is 99.4 Å². The van der Waals surface area contributed by atoms with Gasteiger partial charge in [-0.05, 0) is 47.5 Å². The Labute approximate surface area is 204 Å². The van der Waals surface area contributed by atoms with Gasteiger partial charge in [-0.25, -0.2) is 0 Å². The molecule has 0 radical (unpaired) electrons. The number of aliphatic hydroxyl groups excluding tert-OH is 1. The van der Waals surface area contributed by atoms with Gasteiger partial charge < -0.3 is 14.7 Å². The molecule has 1 unspecified atom stereocenters. The average molecular weight is 476 g/mol.